The van der Waals surface area contributed by atoms with Crippen molar-refractivity contribution < 1.29 is 13.9 Å². The molecule has 0 radical (unpaired) electrons. The van der Waals surface area contributed by atoms with Crippen LogP contribution in [-0.2, 0) is 6.61 Å². The van der Waals surface area contributed by atoms with Crippen LogP contribution < -0.4 is 10.1 Å². The second-order valence-electron chi connectivity index (χ2n) is 6.78. The Balaban J connectivity index is 1.43. The van der Waals surface area contributed by atoms with Crippen molar-refractivity contribution in [1.82, 2.24) is 10.2 Å². The van der Waals surface area contributed by atoms with E-state index in [2.05, 4.69) is 5.32 Å². The van der Waals surface area contributed by atoms with Crippen molar-refractivity contribution >= 4 is 5.91 Å². The fraction of sp³-hybridized carbons (Fsp3) is 0.421. The lowest BCUT2D eigenvalue weighted by atomic mass is 9.86. The summed E-state index contributed by atoms with van der Waals surface area (Å²) in [5.41, 5.74) is 1.07. The van der Waals surface area contributed by atoms with Crippen LogP contribution in [0.3, 0.4) is 0 Å². The molecular weight excluding hydrogens is 304 g/mol. The maximum Gasteiger partial charge on any atom is 0.289 e. The molecule has 3 heterocycles. The molecule has 1 unspecified atom stereocenters. The van der Waals surface area contributed by atoms with Gasteiger partial charge in [0.05, 0.1) is 6.26 Å². The number of amides is 1. The fourth-order valence-electron chi connectivity index (χ4n) is 3.71. The molecule has 4 rings (SSSR count). The van der Waals surface area contributed by atoms with Crippen LogP contribution in [0.1, 0.15) is 29.0 Å². The number of nitrogens with zero attached hydrogens (tertiary/aromatic N) is 1. The van der Waals surface area contributed by atoms with Gasteiger partial charge in [-0.15, -0.1) is 0 Å². The molecule has 2 fully saturated rings. The van der Waals surface area contributed by atoms with Gasteiger partial charge in [-0.1, -0.05) is 18.2 Å². The summed E-state index contributed by atoms with van der Waals surface area (Å²) >= 11 is 0. The molecule has 2 aliphatic rings. The van der Waals surface area contributed by atoms with E-state index in [4.69, 9.17) is 9.15 Å². The van der Waals surface area contributed by atoms with Crippen molar-refractivity contribution in [1.29, 1.82) is 0 Å². The van der Waals surface area contributed by atoms with E-state index in [1.54, 1.807) is 6.26 Å². The number of hydrogen-bond acceptors (Lipinski definition) is 4. The van der Waals surface area contributed by atoms with Crippen molar-refractivity contribution in [2.45, 2.75) is 19.4 Å². The second kappa shape index (κ2) is 6.32. The van der Waals surface area contributed by atoms with Crippen LogP contribution in [0.4, 0.5) is 0 Å². The Morgan fingerprint density at radius 3 is 2.92 bits per heavy atom. The predicted molar refractivity (Wildman–Crippen MR) is 89.9 cm³/mol. The number of carbonyl (C=O) groups is 1. The third-order valence-corrected chi connectivity index (χ3v) is 5.14. The van der Waals surface area contributed by atoms with E-state index >= 15 is 0 Å². The highest BCUT2D eigenvalue weighted by Crippen LogP contribution is 2.36. The predicted octanol–water partition coefficient (Wildman–Crippen LogP) is 2.68. The SMILES string of the molecule is O=C(c1occc1COc1ccccc1)N1CCC2(CCNC2)C1. The number of para-hydroxylation sites is 1. The van der Waals surface area contributed by atoms with Crippen molar-refractivity contribution in [3.8, 4) is 5.75 Å². The monoisotopic (exact) mass is 326 g/mol. The molecule has 1 amide bonds. The lowest BCUT2D eigenvalue weighted by Gasteiger charge is -2.22. The van der Waals surface area contributed by atoms with Crippen LogP contribution in [0.25, 0.3) is 0 Å². The largest absolute Gasteiger partial charge is 0.489 e. The molecular formula is C19H22N2O3. The van der Waals surface area contributed by atoms with E-state index in [-0.39, 0.29) is 11.3 Å². The van der Waals surface area contributed by atoms with Gasteiger partial charge >= 0.3 is 0 Å². The summed E-state index contributed by atoms with van der Waals surface area (Å²) in [6, 6.07) is 11.4. The minimum Gasteiger partial charge on any atom is -0.489 e. The average molecular weight is 326 g/mol. The number of hydrogen-bond donors (Lipinski definition) is 1. The zero-order valence-corrected chi connectivity index (χ0v) is 13.7. The Morgan fingerprint density at radius 2 is 2.12 bits per heavy atom. The highest BCUT2D eigenvalue weighted by atomic mass is 16.5. The maximum atomic E-state index is 12.8. The summed E-state index contributed by atoms with van der Waals surface area (Å²) in [5.74, 6) is 1.18. The Kier molecular flexibility index (Phi) is 4.02. The topological polar surface area (TPSA) is 54.7 Å². The molecule has 0 aliphatic carbocycles. The normalized spacial score (nSPS) is 23.1. The Morgan fingerprint density at radius 1 is 1.25 bits per heavy atom. The van der Waals surface area contributed by atoms with Gasteiger partial charge in [0.1, 0.15) is 12.4 Å². The first-order chi connectivity index (χ1) is 11.8. The van der Waals surface area contributed by atoms with E-state index in [0.29, 0.717) is 12.4 Å². The molecule has 5 nitrogen and oxygen atoms in total. The average Bonchev–Trinajstić information content (AvgIpc) is 3.36. The van der Waals surface area contributed by atoms with E-state index in [1.165, 1.54) is 0 Å². The van der Waals surface area contributed by atoms with Crippen molar-refractivity contribution in [2.24, 2.45) is 5.41 Å². The minimum absolute atomic E-state index is 0.0181. The molecule has 24 heavy (non-hydrogen) atoms. The van der Waals surface area contributed by atoms with Crippen LogP contribution in [0.15, 0.2) is 47.1 Å². The van der Waals surface area contributed by atoms with Gasteiger partial charge in [0.15, 0.2) is 5.76 Å². The van der Waals surface area contributed by atoms with Gasteiger partial charge in [-0.3, -0.25) is 4.79 Å². The molecule has 1 spiro atoms. The van der Waals surface area contributed by atoms with Gasteiger partial charge in [-0.2, -0.15) is 0 Å². The standard InChI is InChI=1S/C19H22N2O3/c22-18(21-10-8-19(14-21)7-9-20-13-19)17-15(6-11-23-17)12-24-16-4-2-1-3-5-16/h1-6,11,20H,7-10,12-14H2. The number of likely N-dealkylation sites (tertiary alicyclic amines) is 1. The first kappa shape index (κ1) is 15.3. The number of ether oxygens (including phenoxy) is 1. The third kappa shape index (κ3) is 2.91. The molecule has 2 aromatic rings. The molecule has 1 atom stereocenters. The van der Waals surface area contributed by atoms with Gasteiger partial charge < -0.3 is 19.4 Å². The lowest BCUT2D eigenvalue weighted by Crippen LogP contribution is -2.33. The van der Waals surface area contributed by atoms with Crippen molar-refractivity contribution in [3.05, 3.63) is 54.0 Å². The molecule has 1 N–H and O–H groups in total. The summed E-state index contributed by atoms with van der Waals surface area (Å²) < 4.78 is 11.2. The molecule has 2 saturated heterocycles. The fourth-order valence-corrected chi connectivity index (χ4v) is 3.71. The van der Waals surface area contributed by atoms with Crippen molar-refractivity contribution in [2.75, 3.05) is 26.2 Å². The Labute approximate surface area is 141 Å². The van der Waals surface area contributed by atoms with E-state index in [9.17, 15) is 4.79 Å². The summed E-state index contributed by atoms with van der Waals surface area (Å²) in [5, 5.41) is 3.42. The molecule has 5 heteroatoms. The zero-order chi connectivity index (χ0) is 16.4. The number of carbonyl (C=O) groups excluding carboxylic acids is 1. The third-order valence-electron chi connectivity index (χ3n) is 5.14. The van der Waals surface area contributed by atoms with Gasteiger partial charge in [-0.25, -0.2) is 0 Å². The Hall–Kier alpha value is -2.27. The summed E-state index contributed by atoms with van der Waals surface area (Å²) in [7, 11) is 0. The van der Waals surface area contributed by atoms with Crippen LogP contribution >= 0.6 is 0 Å². The van der Waals surface area contributed by atoms with Gasteiger partial charge in [0.2, 0.25) is 0 Å². The second-order valence-corrected chi connectivity index (χ2v) is 6.78. The molecule has 126 valence electrons. The molecule has 1 aromatic heterocycles. The summed E-state index contributed by atoms with van der Waals surface area (Å²) in [6.07, 6.45) is 3.79. The highest BCUT2D eigenvalue weighted by molar-refractivity contribution is 5.93. The first-order valence-corrected chi connectivity index (χ1v) is 8.50. The summed E-state index contributed by atoms with van der Waals surface area (Å²) in [4.78, 5) is 14.8. The zero-order valence-electron chi connectivity index (χ0n) is 13.7. The highest BCUT2D eigenvalue weighted by Gasteiger charge is 2.42. The van der Waals surface area contributed by atoms with Crippen LogP contribution in [0.5, 0.6) is 5.75 Å². The maximum absolute atomic E-state index is 12.8. The Bertz CT molecular complexity index is 704. The smallest absolute Gasteiger partial charge is 0.289 e. The van der Waals surface area contributed by atoms with Crippen LogP contribution in [0.2, 0.25) is 0 Å². The number of furan rings is 1. The number of rotatable bonds is 4. The quantitative estimate of drug-likeness (QED) is 0.938. The van der Waals surface area contributed by atoms with Gasteiger partial charge in [0.25, 0.3) is 5.91 Å². The van der Waals surface area contributed by atoms with Crippen LogP contribution in [0, 0.1) is 5.41 Å². The lowest BCUT2D eigenvalue weighted by molar-refractivity contribution is 0.0740. The van der Waals surface area contributed by atoms with Crippen LogP contribution in [-0.4, -0.2) is 37.0 Å². The minimum atomic E-state index is -0.0181. The molecule has 2 aliphatic heterocycles. The van der Waals surface area contributed by atoms with E-state index in [0.717, 1.165) is 50.3 Å². The van der Waals surface area contributed by atoms with Crippen molar-refractivity contribution in [3.63, 3.8) is 0 Å². The number of nitrogens with one attached hydrogen (secondary N) is 1. The first-order valence-electron chi connectivity index (χ1n) is 8.50. The van der Waals surface area contributed by atoms with Gasteiger partial charge in [-0.05, 0) is 37.6 Å². The molecule has 0 bridgehead atoms. The summed E-state index contributed by atoms with van der Waals surface area (Å²) in [6.45, 7) is 4.03. The number of benzene rings is 1. The molecule has 1 aromatic carbocycles. The van der Waals surface area contributed by atoms with E-state index in [1.807, 2.05) is 41.3 Å². The molecule has 0 saturated carbocycles. The van der Waals surface area contributed by atoms with Gasteiger partial charge in [0, 0.05) is 30.6 Å². The van der Waals surface area contributed by atoms with E-state index < -0.39 is 0 Å².